The lowest BCUT2D eigenvalue weighted by Crippen LogP contribution is -2.29. The van der Waals surface area contributed by atoms with Crippen molar-refractivity contribution in [3.8, 4) is 17.3 Å². The van der Waals surface area contributed by atoms with Crippen LogP contribution in [0.15, 0.2) is 23.6 Å². The summed E-state index contributed by atoms with van der Waals surface area (Å²) in [6, 6.07) is 5.39. The number of aromatic nitrogens is 1. The molecule has 108 valence electrons. The van der Waals surface area contributed by atoms with E-state index in [2.05, 4.69) is 10.3 Å². The van der Waals surface area contributed by atoms with Gasteiger partial charge in [-0.05, 0) is 26.0 Å². The molecule has 1 aromatic heterocycles. The maximum atomic E-state index is 13.6. The summed E-state index contributed by atoms with van der Waals surface area (Å²) in [6.45, 7) is 2.93. The van der Waals surface area contributed by atoms with Crippen molar-refractivity contribution in [2.75, 3.05) is 5.32 Å². The first-order valence-corrected chi connectivity index (χ1v) is 6.86. The quantitative estimate of drug-likeness (QED) is 0.942. The van der Waals surface area contributed by atoms with Gasteiger partial charge in [-0.1, -0.05) is 6.07 Å². The van der Waals surface area contributed by atoms with E-state index in [0.29, 0.717) is 0 Å². The highest BCUT2D eigenvalue weighted by Gasteiger charge is 2.28. The molecule has 4 nitrogen and oxygen atoms in total. The first-order valence-electron chi connectivity index (χ1n) is 5.98. The van der Waals surface area contributed by atoms with Crippen molar-refractivity contribution in [1.29, 1.82) is 5.26 Å². The average molecular weight is 307 g/mol. The summed E-state index contributed by atoms with van der Waals surface area (Å²) in [4.78, 5) is 15.8. The molecule has 1 N–H and O–H groups in total. The van der Waals surface area contributed by atoms with Gasteiger partial charge < -0.3 is 5.32 Å². The number of carbonyl (C=O) groups is 1. The Hall–Kier alpha value is -2.33. The Labute approximate surface area is 124 Å². The van der Waals surface area contributed by atoms with Crippen LogP contribution < -0.4 is 5.32 Å². The number of carbonyl (C=O) groups excluding carboxylic acids is 1. The summed E-state index contributed by atoms with van der Waals surface area (Å²) in [5, 5.41) is 13.0. The first-order chi connectivity index (χ1) is 9.85. The van der Waals surface area contributed by atoms with Gasteiger partial charge in [0.15, 0.2) is 5.13 Å². The number of anilines is 1. The van der Waals surface area contributed by atoms with Crippen molar-refractivity contribution in [3.63, 3.8) is 0 Å². The van der Waals surface area contributed by atoms with Crippen molar-refractivity contribution in [1.82, 2.24) is 4.98 Å². The number of nitriles is 1. The number of hydrogen-bond donors (Lipinski definition) is 1. The highest BCUT2D eigenvalue weighted by molar-refractivity contribution is 7.14. The maximum absolute atomic E-state index is 13.6. The second kappa shape index (κ2) is 5.58. The van der Waals surface area contributed by atoms with Gasteiger partial charge in [-0.2, -0.15) is 5.26 Å². The Balaban J connectivity index is 2.28. The van der Waals surface area contributed by atoms with Crippen LogP contribution in [0.3, 0.4) is 0 Å². The van der Waals surface area contributed by atoms with Gasteiger partial charge in [0.05, 0.1) is 17.3 Å². The number of thiazole rings is 1. The Kier molecular flexibility index (Phi) is 4.00. The molecular formula is C14H11F2N3OS. The number of benzene rings is 1. The van der Waals surface area contributed by atoms with Crippen molar-refractivity contribution in [2.24, 2.45) is 5.41 Å². The minimum atomic E-state index is -1.21. The van der Waals surface area contributed by atoms with E-state index in [1.807, 2.05) is 6.07 Å². The van der Waals surface area contributed by atoms with E-state index in [9.17, 15) is 13.6 Å². The molecular weight excluding hydrogens is 296 g/mol. The monoisotopic (exact) mass is 307 g/mol. The predicted octanol–water partition coefficient (Wildman–Crippen LogP) is 3.58. The second-order valence-electron chi connectivity index (χ2n) is 4.83. The van der Waals surface area contributed by atoms with E-state index < -0.39 is 23.0 Å². The van der Waals surface area contributed by atoms with Gasteiger partial charge in [-0.15, -0.1) is 11.3 Å². The zero-order valence-electron chi connectivity index (χ0n) is 11.3. The molecule has 2 aromatic rings. The van der Waals surface area contributed by atoms with Gasteiger partial charge in [-0.25, -0.2) is 13.8 Å². The molecule has 0 atom stereocenters. The van der Waals surface area contributed by atoms with Crippen molar-refractivity contribution >= 4 is 22.4 Å². The molecule has 0 saturated carbocycles. The lowest BCUT2D eigenvalue weighted by molar-refractivity contribution is -0.121. The first kappa shape index (κ1) is 15.1. The number of halogens is 2. The average Bonchev–Trinajstić information content (AvgIpc) is 2.86. The van der Waals surface area contributed by atoms with Crippen LogP contribution in [0.5, 0.6) is 0 Å². The largest absolute Gasteiger partial charge is 0.301 e. The Morgan fingerprint density at radius 2 is 2.00 bits per heavy atom. The molecule has 0 saturated heterocycles. The summed E-state index contributed by atoms with van der Waals surface area (Å²) in [6.07, 6.45) is 0. The fraction of sp³-hybridized carbons (Fsp3) is 0.214. The molecule has 0 spiro atoms. The van der Waals surface area contributed by atoms with E-state index >= 15 is 0 Å². The van der Waals surface area contributed by atoms with Crippen molar-refractivity contribution < 1.29 is 13.6 Å². The Morgan fingerprint density at radius 3 is 2.57 bits per heavy atom. The van der Waals surface area contributed by atoms with E-state index in [1.165, 1.54) is 25.3 Å². The molecule has 0 radical (unpaired) electrons. The Morgan fingerprint density at radius 1 is 1.38 bits per heavy atom. The van der Waals surface area contributed by atoms with Gasteiger partial charge in [0.2, 0.25) is 5.91 Å². The summed E-state index contributed by atoms with van der Waals surface area (Å²) in [5.41, 5.74) is -1.36. The topological polar surface area (TPSA) is 65.8 Å². The van der Waals surface area contributed by atoms with Crippen molar-refractivity contribution in [2.45, 2.75) is 13.8 Å². The minimum absolute atomic E-state index is 0.0978. The Bertz CT molecular complexity index is 714. The number of hydrogen-bond acceptors (Lipinski definition) is 4. The summed E-state index contributed by atoms with van der Waals surface area (Å²) >= 11 is 1.03. The van der Waals surface area contributed by atoms with Crippen LogP contribution in [0.1, 0.15) is 13.8 Å². The third-order valence-corrected chi connectivity index (χ3v) is 3.55. The summed E-state index contributed by atoms with van der Waals surface area (Å²) in [5.74, 6) is -1.98. The minimum Gasteiger partial charge on any atom is -0.301 e. The molecule has 0 fully saturated rings. The molecule has 2 rings (SSSR count). The van der Waals surface area contributed by atoms with Crippen molar-refractivity contribution in [3.05, 3.63) is 35.2 Å². The second-order valence-corrected chi connectivity index (χ2v) is 5.68. The fourth-order valence-corrected chi connectivity index (χ4v) is 2.19. The molecule has 0 aliphatic heterocycles. The summed E-state index contributed by atoms with van der Waals surface area (Å²) in [7, 11) is 0. The molecule has 1 heterocycles. The van der Waals surface area contributed by atoms with Crippen LogP contribution in [0.25, 0.3) is 11.3 Å². The molecule has 0 aliphatic rings. The molecule has 21 heavy (non-hydrogen) atoms. The summed E-state index contributed by atoms with van der Waals surface area (Å²) < 4.78 is 27.3. The van der Waals surface area contributed by atoms with Crippen LogP contribution in [0.4, 0.5) is 13.9 Å². The van der Waals surface area contributed by atoms with Gasteiger partial charge in [0.25, 0.3) is 0 Å². The SMILES string of the molecule is CC(C)(C#N)C(=O)Nc1nc(-c2c(F)cccc2F)cs1. The van der Waals surface area contributed by atoms with E-state index in [1.54, 1.807) is 0 Å². The molecule has 0 unspecified atom stereocenters. The molecule has 1 aromatic carbocycles. The zero-order valence-corrected chi connectivity index (χ0v) is 12.1. The third kappa shape index (κ3) is 3.06. The van der Waals surface area contributed by atoms with Crippen LogP contribution in [0, 0.1) is 28.4 Å². The molecule has 1 amide bonds. The molecule has 7 heteroatoms. The maximum Gasteiger partial charge on any atom is 0.246 e. The third-order valence-electron chi connectivity index (χ3n) is 2.79. The smallest absolute Gasteiger partial charge is 0.246 e. The van der Waals surface area contributed by atoms with Crippen LogP contribution >= 0.6 is 11.3 Å². The van der Waals surface area contributed by atoms with Gasteiger partial charge in [-0.3, -0.25) is 4.79 Å². The number of nitrogens with one attached hydrogen (secondary N) is 1. The van der Waals surface area contributed by atoms with Crippen LogP contribution in [-0.4, -0.2) is 10.9 Å². The van der Waals surface area contributed by atoms with Gasteiger partial charge in [0, 0.05) is 5.38 Å². The number of amides is 1. The van der Waals surface area contributed by atoms with E-state index in [4.69, 9.17) is 5.26 Å². The lowest BCUT2D eigenvalue weighted by atomic mass is 9.95. The van der Waals surface area contributed by atoms with Crippen LogP contribution in [0.2, 0.25) is 0 Å². The highest BCUT2D eigenvalue weighted by Crippen LogP contribution is 2.29. The van der Waals surface area contributed by atoms with E-state index in [0.717, 1.165) is 23.5 Å². The number of rotatable bonds is 3. The standard InChI is InChI=1S/C14H11F2N3OS/c1-14(2,7-17)12(20)19-13-18-10(6-21-13)11-8(15)4-3-5-9(11)16/h3-6H,1-2H3,(H,18,19,20). The molecule has 0 aliphatic carbocycles. The fourth-order valence-electron chi connectivity index (χ4n) is 1.49. The lowest BCUT2D eigenvalue weighted by Gasteiger charge is -2.12. The number of nitrogens with zero attached hydrogens (tertiary/aromatic N) is 2. The zero-order chi connectivity index (χ0) is 15.6. The predicted molar refractivity (Wildman–Crippen MR) is 75.5 cm³/mol. The van der Waals surface area contributed by atoms with Gasteiger partial charge >= 0.3 is 0 Å². The van der Waals surface area contributed by atoms with Crippen LogP contribution in [-0.2, 0) is 4.79 Å². The highest BCUT2D eigenvalue weighted by atomic mass is 32.1. The van der Waals surface area contributed by atoms with E-state index in [-0.39, 0.29) is 16.4 Å². The van der Waals surface area contributed by atoms with Gasteiger partial charge in [0.1, 0.15) is 17.0 Å². The molecule has 0 bridgehead atoms. The normalized spacial score (nSPS) is 11.0.